The lowest BCUT2D eigenvalue weighted by Gasteiger charge is -2.05. The van der Waals surface area contributed by atoms with Crippen molar-refractivity contribution in [2.24, 2.45) is 0 Å². The number of non-ortho nitro benzene ring substituents is 1. The van der Waals surface area contributed by atoms with Gasteiger partial charge in [0.15, 0.2) is 6.61 Å². The van der Waals surface area contributed by atoms with Crippen LogP contribution in [0.3, 0.4) is 0 Å². The van der Waals surface area contributed by atoms with Gasteiger partial charge in [-0.3, -0.25) is 10.1 Å². The Morgan fingerprint density at radius 2 is 2.00 bits per heavy atom. The first-order chi connectivity index (χ1) is 8.13. The Morgan fingerprint density at radius 3 is 2.53 bits per heavy atom. The molecule has 0 saturated heterocycles. The molecule has 0 aromatic heterocycles. The van der Waals surface area contributed by atoms with Gasteiger partial charge in [0.05, 0.1) is 11.5 Å². The van der Waals surface area contributed by atoms with Crippen molar-refractivity contribution < 1.29 is 24.3 Å². The van der Waals surface area contributed by atoms with Gasteiger partial charge in [0, 0.05) is 12.1 Å². The summed E-state index contributed by atoms with van der Waals surface area (Å²) in [5, 5.41) is 18.8. The van der Waals surface area contributed by atoms with Crippen molar-refractivity contribution in [2.75, 3.05) is 19.8 Å². The largest absolute Gasteiger partial charge is 0.482 e. The number of aliphatic hydroxyl groups is 1. The lowest BCUT2D eigenvalue weighted by Crippen LogP contribution is -2.16. The van der Waals surface area contributed by atoms with Crippen molar-refractivity contribution in [3.05, 3.63) is 34.4 Å². The quantitative estimate of drug-likeness (QED) is 0.442. The van der Waals surface area contributed by atoms with Crippen LogP contribution < -0.4 is 4.74 Å². The number of hydrogen-bond donors (Lipinski definition) is 1. The monoisotopic (exact) mass is 241 g/mol. The SMILES string of the molecule is O=C(COc1ccc([N+](=O)[O-])cc1)OCCO. The van der Waals surface area contributed by atoms with E-state index in [0.717, 1.165) is 0 Å². The van der Waals surface area contributed by atoms with Crippen LogP contribution in [0.25, 0.3) is 0 Å². The highest BCUT2D eigenvalue weighted by molar-refractivity contribution is 5.71. The molecule has 17 heavy (non-hydrogen) atoms. The fourth-order valence-electron chi connectivity index (χ4n) is 1.01. The molecule has 7 heteroatoms. The molecule has 0 fully saturated rings. The van der Waals surface area contributed by atoms with Crippen molar-refractivity contribution >= 4 is 11.7 Å². The highest BCUT2D eigenvalue weighted by Crippen LogP contribution is 2.17. The third kappa shape index (κ3) is 4.47. The van der Waals surface area contributed by atoms with Crippen LogP contribution in [0.15, 0.2) is 24.3 Å². The molecule has 92 valence electrons. The smallest absolute Gasteiger partial charge is 0.344 e. The Morgan fingerprint density at radius 1 is 1.35 bits per heavy atom. The zero-order valence-electron chi connectivity index (χ0n) is 8.87. The molecule has 0 bridgehead atoms. The Balaban J connectivity index is 2.42. The van der Waals surface area contributed by atoms with E-state index in [2.05, 4.69) is 4.74 Å². The number of esters is 1. The maximum Gasteiger partial charge on any atom is 0.344 e. The van der Waals surface area contributed by atoms with E-state index in [9.17, 15) is 14.9 Å². The minimum Gasteiger partial charge on any atom is -0.482 e. The van der Waals surface area contributed by atoms with Crippen LogP contribution in [0.2, 0.25) is 0 Å². The Labute approximate surface area is 96.7 Å². The van der Waals surface area contributed by atoms with Gasteiger partial charge in [-0.2, -0.15) is 0 Å². The molecule has 7 nitrogen and oxygen atoms in total. The van der Waals surface area contributed by atoms with Crippen LogP contribution >= 0.6 is 0 Å². The van der Waals surface area contributed by atoms with Gasteiger partial charge in [-0.25, -0.2) is 4.79 Å². The first-order valence-electron chi connectivity index (χ1n) is 4.77. The third-order valence-electron chi connectivity index (χ3n) is 1.76. The summed E-state index contributed by atoms with van der Waals surface area (Å²) in [5.41, 5.74) is -0.0554. The number of benzene rings is 1. The van der Waals surface area contributed by atoms with E-state index in [4.69, 9.17) is 9.84 Å². The number of rotatable bonds is 6. The lowest BCUT2D eigenvalue weighted by atomic mass is 10.3. The van der Waals surface area contributed by atoms with Gasteiger partial charge in [0.25, 0.3) is 5.69 Å². The highest BCUT2D eigenvalue weighted by Gasteiger charge is 2.06. The van der Waals surface area contributed by atoms with E-state index in [-0.39, 0.29) is 25.5 Å². The molecule has 0 saturated carbocycles. The lowest BCUT2D eigenvalue weighted by molar-refractivity contribution is -0.384. The van der Waals surface area contributed by atoms with Crippen molar-refractivity contribution in [3.8, 4) is 5.75 Å². The first kappa shape index (κ1) is 12.9. The van der Waals surface area contributed by atoms with E-state index in [0.29, 0.717) is 5.75 Å². The predicted octanol–water partition coefficient (Wildman–Crippen LogP) is 0.509. The molecule has 0 aliphatic heterocycles. The number of carbonyl (C=O) groups excluding carboxylic acids is 1. The number of aliphatic hydroxyl groups excluding tert-OH is 1. The number of nitrogens with zero attached hydrogens (tertiary/aromatic N) is 1. The second-order valence-corrected chi connectivity index (χ2v) is 2.98. The molecule has 1 aromatic carbocycles. The topological polar surface area (TPSA) is 98.9 Å². The second kappa shape index (κ2) is 6.44. The van der Waals surface area contributed by atoms with Crippen molar-refractivity contribution in [3.63, 3.8) is 0 Å². The number of ether oxygens (including phenoxy) is 2. The average Bonchev–Trinajstić information content (AvgIpc) is 2.34. The maximum atomic E-state index is 11.0. The summed E-state index contributed by atoms with van der Waals surface area (Å²) >= 11 is 0. The molecular weight excluding hydrogens is 230 g/mol. The van der Waals surface area contributed by atoms with Gasteiger partial charge >= 0.3 is 5.97 Å². The molecule has 0 aliphatic carbocycles. The van der Waals surface area contributed by atoms with Crippen molar-refractivity contribution in [2.45, 2.75) is 0 Å². The van der Waals surface area contributed by atoms with Crippen LogP contribution in [0.5, 0.6) is 5.75 Å². The Hall–Kier alpha value is -2.15. The Bertz CT molecular complexity index is 388. The minimum absolute atomic E-state index is 0.0554. The van der Waals surface area contributed by atoms with E-state index in [1.54, 1.807) is 0 Å². The molecule has 0 amide bonds. The summed E-state index contributed by atoms with van der Waals surface area (Å²) in [6.07, 6.45) is 0. The van der Waals surface area contributed by atoms with Crippen molar-refractivity contribution in [1.29, 1.82) is 0 Å². The van der Waals surface area contributed by atoms with Gasteiger partial charge in [0.2, 0.25) is 0 Å². The molecule has 0 spiro atoms. The third-order valence-corrected chi connectivity index (χ3v) is 1.76. The molecule has 1 N–H and O–H groups in total. The molecule has 0 atom stereocenters. The molecular formula is C10H11NO6. The van der Waals surface area contributed by atoms with E-state index < -0.39 is 10.9 Å². The number of nitro groups is 1. The van der Waals surface area contributed by atoms with Crippen LogP contribution in [-0.4, -0.2) is 35.8 Å². The van der Waals surface area contributed by atoms with Crippen LogP contribution in [0.4, 0.5) is 5.69 Å². The standard InChI is InChI=1S/C10H11NO6/c12-5-6-16-10(13)7-17-9-3-1-8(2-4-9)11(14)15/h1-4,12H,5-7H2. The molecule has 0 unspecified atom stereocenters. The second-order valence-electron chi connectivity index (χ2n) is 2.98. The van der Waals surface area contributed by atoms with Gasteiger partial charge in [-0.15, -0.1) is 0 Å². The van der Waals surface area contributed by atoms with E-state index in [1.807, 2.05) is 0 Å². The molecule has 1 rings (SSSR count). The zero-order chi connectivity index (χ0) is 12.7. The normalized spacial score (nSPS) is 9.71. The number of carbonyl (C=O) groups is 1. The van der Waals surface area contributed by atoms with Crippen LogP contribution in [0, 0.1) is 10.1 Å². The molecule has 0 radical (unpaired) electrons. The van der Waals surface area contributed by atoms with Crippen LogP contribution in [0.1, 0.15) is 0 Å². The van der Waals surface area contributed by atoms with Crippen LogP contribution in [-0.2, 0) is 9.53 Å². The fraction of sp³-hybridized carbons (Fsp3) is 0.300. The summed E-state index contributed by atoms with van der Waals surface area (Å²) in [6, 6.07) is 5.32. The fourth-order valence-corrected chi connectivity index (χ4v) is 1.01. The zero-order valence-corrected chi connectivity index (χ0v) is 8.87. The van der Waals surface area contributed by atoms with Gasteiger partial charge < -0.3 is 14.6 Å². The van der Waals surface area contributed by atoms with Gasteiger partial charge in [-0.05, 0) is 12.1 Å². The minimum atomic E-state index is -0.614. The highest BCUT2D eigenvalue weighted by atomic mass is 16.6. The van der Waals surface area contributed by atoms with Gasteiger partial charge in [-0.1, -0.05) is 0 Å². The maximum absolute atomic E-state index is 11.0. The van der Waals surface area contributed by atoms with Crippen molar-refractivity contribution in [1.82, 2.24) is 0 Å². The average molecular weight is 241 g/mol. The molecule has 0 aliphatic rings. The number of hydrogen-bond acceptors (Lipinski definition) is 6. The summed E-state index contributed by atoms with van der Waals surface area (Å²) in [5.74, 6) is -0.283. The summed E-state index contributed by atoms with van der Waals surface area (Å²) in [4.78, 5) is 20.8. The first-order valence-corrected chi connectivity index (χ1v) is 4.77. The van der Waals surface area contributed by atoms with E-state index in [1.165, 1.54) is 24.3 Å². The van der Waals surface area contributed by atoms with E-state index >= 15 is 0 Å². The summed E-state index contributed by atoms with van der Waals surface area (Å²) in [6.45, 7) is -0.635. The van der Waals surface area contributed by atoms with Gasteiger partial charge in [0.1, 0.15) is 12.4 Å². The predicted molar refractivity (Wildman–Crippen MR) is 56.6 cm³/mol. The summed E-state index contributed by atoms with van der Waals surface area (Å²) < 4.78 is 9.57. The molecule has 0 heterocycles. The number of nitro benzene ring substituents is 1. The molecule has 1 aromatic rings. The Kier molecular flexibility index (Phi) is 4.89. The summed E-state index contributed by atoms with van der Waals surface area (Å²) in [7, 11) is 0.